The summed E-state index contributed by atoms with van der Waals surface area (Å²) >= 11 is 0. The van der Waals surface area contributed by atoms with E-state index >= 15 is 0 Å². The highest BCUT2D eigenvalue weighted by Gasteiger charge is 2.38. The lowest BCUT2D eigenvalue weighted by Gasteiger charge is -2.25. The van der Waals surface area contributed by atoms with Crippen LogP contribution in [0, 0.1) is 5.92 Å². The third-order valence-electron chi connectivity index (χ3n) is 5.42. The zero-order valence-corrected chi connectivity index (χ0v) is 16.3. The van der Waals surface area contributed by atoms with Crippen LogP contribution in [0.1, 0.15) is 24.9 Å². The standard InChI is InChI=1S/C25H23NO3/c1-18(19-10-4-2-5-11-19)26-17-21(16-24(26)27)25(28)29-23-15-9-8-14-22(23)20-12-6-3-7-13-20/h2-15,18,21H,16-17H2,1H3/t18-,21+/m0/s1. The molecule has 0 radical (unpaired) electrons. The Bertz CT molecular complexity index is 1000. The molecule has 1 saturated heterocycles. The van der Waals surface area contributed by atoms with Gasteiger partial charge in [0.2, 0.25) is 5.91 Å². The Labute approximate surface area is 170 Å². The van der Waals surface area contributed by atoms with E-state index in [4.69, 9.17) is 4.74 Å². The molecule has 0 saturated carbocycles. The van der Waals surface area contributed by atoms with Gasteiger partial charge >= 0.3 is 5.97 Å². The second kappa shape index (κ2) is 8.31. The number of hydrogen-bond acceptors (Lipinski definition) is 3. The molecule has 0 aromatic heterocycles. The molecule has 146 valence electrons. The van der Waals surface area contributed by atoms with Crippen molar-refractivity contribution in [1.29, 1.82) is 0 Å². The van der Waals surface area contributed by atoms with Gasteiger partial charge in [0.15, 0.2) is 0 Å². The number of likely N-dealkylation sites (tertiary alicyclic amines) is 1. The Kier molecular flexibility index (Phi) is 5.43. The van der Waals surface area contributed by atoms with Crippen molar-refractivity contribution < 1.29 is 14.3 Å². The quantitative estimate of drug-likeness (QED) is 0.465. The molecular weight excluding hydrogens is 362 g/mol. The molecule has 29 heavy (non-hydrogen) atoms. The Morgan fingerprint density at radius 3 is 2.28 bits per heavy atom. The van der Waals surface area contributed by atoms with Gasteiger partial charge in [-0.15, -0.1) is 0 Å². The van der Waals surface area contributed by atoms with Gasteiger partial charge in [-0.3, -0.25) is 9.59 Å². The number of amides is 1. The summed E-state index contributed by atoms with van der Waals surface area (Å²) in [4.78, 5) is 27.2. The summed E-state index contributed by atoms with van der Waals surface area (Å²) in [5.74, 6) is -0.313. The van der Waals surface area contributed by atoms with E-state index in [9.17, 15) is 9.59 Å². The number of benzene rings is 3. The molecule has 0 unspecified atom stereocenters. The van der Waals surface area contributed by atoms with Crippen molar-refractivity contribution in [2.45, 2.75) is 19.4 Å². The number of hydrogen-bond donors (Lipinski definition) is 0. The van der Waals surface area contributed by atoms with E-state index in [-0.39, 0.29) is 24.3 Å². The van der Waals surface area contributed by atoms with Crippen LogP contribution < -0.4 is 4.74 Å². The molecular formula is C25H23NO3. The van der Waals surface area contributed by atoms with Gasteiger partial charge < -0.3 is 9.64 Å². The largest absolute Gasteiger partial charge is 0.426 e. The average Bonchev–Trinajstić information content (AvgIpc) is 3.16. The van der Waals surface area contributed by atoms with Crippen molar-refractivity contribution in [3.63, 3.8) is 0 Å². The van der Waals surface area contributed by atoms with Crippen molar-refractivity contribution in [1.82, 2.24) is 4.90 Å². The van der Waals surface area contributed by atoms with Crippen LogP contribution in [0.15, 0.2) is 84.9 Å². The van der Waals surface area contributed by atoms with Gasteiger partial charge in [-0.1, -0.05) is 78.9 Å². The Morgan fingerprint density at radius 2 is 1.55 bits per heavy atom. The van der Waals surface area contributed by atoms with E-state index in [1.807, 2.05) is 85.8 Å². The number of para-hydroxylation sites is 1. The normalized spacial score (nSPS) is 17.2. The third-order valence-corrected chi connectivity index (χ3v) is 5.42. The summed E-state index contributed by atoms with van der Waals surface area (Å²) in [7, 11) is 0. The lowest BCUT2D eigenvalue weighted by atomic mass is 10.0. The zero-order chi connectivity index (χ0) is 20.2. The van der Waals surface area contributed by atoms with Crippen molar-refractivity contribution >= 4 is 11.9 Å². The van der Waals surface area contributed by atoms with Crippen LogP contribution in [-0.4, -0.2) is 23.3 Å². The van der Waals surface area contributed by atoms with Crippen LogP contribution in [-0.2, 0) is 9.59 Å². The van der Waals surface area contributed by atoms with E-state index in [1.165, 1.54) is 0 Å². The first-order valence-corrected chi connectivity index (χ1v) is 9.84. The fraction of sp³-hybridized carbons (Fsp3) is 0.200. The predicted octanol–water partition coefficient (Wildman–Crippen LogP) is 4.87. The van der Waals surface area contributed by atoms with Gasteiger partial charge in [0.05, 0.1) is 12.0 Å². The fourth-order valence-corrected chi connectivity index (χ4v) is 3.78. The molecule has 0 spiro atoms. The minimum absolute atomic E-state index is 0.0142. The third kappa shape index (κ3) is 4.06. The van der Waals surface area contributed by atoms with E-state index in [0.29, 0.717) is 12.3 Å². The molecule has 1 aliphatic rings. The fourth-order valence-electron chi connectivity index (χ4n) is 3.78. The first kappa shape index (κ1) is 18.9. The molecule has 0 aliphatic carbocycles. The van der Waals surface area contributed by atoms with Crippen molar-refractivity contribution in [3.05, 3.63) is 90.5 Å². The van der Waals surface area contributed by atoms with E-state index < -0.39 is 5.92 Å². The average molecular weight is 385 g/mol. The number of carbonyl (C=O) groups excluding carboxylic acids is 2. The zero-order valence-electron chi connectivity index (χ0n) is 16.3. The summed E-state index contributed by atoms with van der Waals surface area (Å²) in [6.07, 6.45) is 0.184. The highest BCUT2D eigenvalue weighted by Crippen LogP contribution is 2.32. The van der Waals surface area contributed by atoms with Crippen LogP contribution in [0.3, 0.4) is 0 Å². The predicted molar refractivity (Wildman–Crippen MR) is 112 cm³/mol. The van der Waals surface area contributed by atoms with E-state index in [0.717, 1.165) is 16.7 Å². The molecule has 1 amide bonds. The first-order chi connectivity index (χ1) is 14.1. The Balaban J connectivity index is 1.49. The molecule has 1 aliphatic heterocycles. The second-order valence-corrected chi connectivity index (χ2v) is 7.32. The van der Waals surface area contributed by atoms with Crippen LogP contribution in [0.4, 0.5) is 0 Å². The molecule has 0 N–H and O–H groups in total. The van der Waals surface area contributed by atoms with Gasteiger partial charge in [0.25, 0.3) is 0 Å². The smallest absolute Gasteiger partial charge is 0.316 e. The second-order valence-electron chi connectivity index (χ2n) is 7.32. The number of esters is 1. The SMILES string of the molecule is C[C@@H](c1ccccc1)N1C[C@H](C(=O)Oc2ccccc2-c2ccccc2)CC1=O. The van der Waals surface area contributed by atoms with Gasteiger partial charge in [-0.2, -0.15) is 0 Å². The van der Waals surface area contributed by atoms with Gasteiger partial charge in [0, 0.05) is 18.5 Å². The van der Waals surface area contributed by atoms with Gasteiger partial charge in [-0.05, 0) is 24.1 Å². The number of carbonyl (C=O) groups is 2. The highest BCUT2D eigenvalue weighted by atomic mass is 16.5. The molecule has 3 aromatic carbocycles. The van der Waals surface area contributed by atoms with E-state index in [2.05, 4.69) is 0 Å². The Hall–Kier alpha value is -3.40. The monoisotopic (exact) mass is 385 g/mol. The molecule has 0 bridgehead atoms. The van der Waals surface area contributed by atoms with Gasteiger partial charge in [0.1, 0.15) is 5.75 Å². The summed E-state index contributed by atoms with van der Waals surface area (Å²) in [6.45, 7) is 2.37. The number of rotatable bonds is 5. The lowest BCUT2D eigenvalue weighted by Crippen LogP contribution is -2.30. The van der Waals surface area contributed by atoms with Gasteiger partial charge in [-0.25, -0.2) is 0 Å². The molecule has 1 fully saturated rings. The van der Waals surface area contributed by atoms with Crippen molar-refractivity contribution in [2.24, 2.45) is 5.92 Å². The number of nitrogens with zero attached hydrogens (tertiary/aromatic N) is 1. The van der Waals surface area contributed by atoms with Crippen LogP contribution in [0.5, 0.6) is 5.75 Å². The van der Waals surface area contributed by atoms with Crippen LogP contribution in [0.2, 0.25) is 0 Å². The molecule has 3 aromatic rings. The highest BCUT2D eigenvalue weighted by molar-refractivity contribution is 5.88. The molecule has 4 nitrogen and oxygen atoms in total. The first-order valence-electron chi connectivity index (χ1n) is 9.84. The van der Waals surface area contributed by atoms with Crippen molar-refractivity contribution in [2.75, 3.05) is 6.54 Å². The maximum Gasteiger partial charge on any atom is 0.316 e. The minimum Gasteiger partial charge on any atom is -0.426 e. The number of ether oxygens (including phenoxy) is 1. The molecule has 4 rings (SSSR count). The molecule has 2 atom stereocenters. The maximum absolute atomic E-state index is 12.8. The molecule has 1 heterocycles. The van der Waals surface area contributed by atoms with Crippen LogP contribution >= 0.6 is 0 Å². The summed E-state index contributed by atoms with van der Waals surface area (Å²) in [5, 5.41) is 0. The summed E-state index contributed by atoms with van der Waals surface area (Å²) in [6, 6.07) is 27.1. The summed E-state index contributed by atoms with van der Waals surface area (Å²) < 4.78 is 5.75. The summed E-state index contributed by atoms with van der Waals surface area (Å²) in [5.41, 5.74) is 2.90. The lowest BCUT2D eigenvalue weighted by molar-refractivity contribution is -0.139. The van der Waals surface area contributed by atoms with E-state index in [1.54, 1.807) is 11.0 Å². The minimum atomic E-state index is -0.461. The molecule has 4 heteroatoms. The van der Waals surface area contributed by atoms with Crippen molar-refractivity contribution in [3.8, 4) is 16.9 Å². The topological polar surface area (TPSA) is 46.6 Å². The Morgan fingerprint density at radius 1 is 0.931 bits per heavy atom. The van der Waals surface area contributed by atoms with Crippen LogP contribution in [0.25, 0.3) is 11.1 Å². The maximum atomic E-state index is 12.8.